The number of nitrogens with one attached hydrogen (secondary N) is 2. The molecule has 0 bridgehead atoms. The monoisotopic (exact) mass is 406 g/mol. The molecule has 0 atom stereocenters. The number of amides is 1. The van der Waals surface area contributed by atoms with E-state index in [-0.39, 0.29) is 28.6 Å². The van der Waals surface area contributed by atoms with Gasteiger partial charge in [0.15, 0.2) is 0 Å². The van der Waals surface area contributed by atoms with Gasteiger partial charge < -0.3 is 10.6 Å². The standard InChI is InChI=1S/C25H46N2O2/c1-24(2,3)17-25(4,5)22(28)20-11-7-19(8-12-20)16-27-23(29)21-13-9-18(10-14-21)15-26-6/h18-21,26H,7-17H2,1-6H3,(H,27,29). The fraction of sp³-hybridized carbons (Fsp3) is 0.920. The molecular weight excluding hydrogens is 360 g/mol. The van der Waals surface area contributed by atoms with Gasteiger partial charge in [-0.1, -0.05) is 34.6 Å². The van der Waals surface area contributed by atoms with E-state index in [1.165, 1.54) is 0 Å². The predicted molar refractivity (Wildman–Crippen MR) is 121 cm³/mol. The zero-order chi connectivity index (χ0) is 21.7. The quantitative estimate of drug-likeness (QED) is 0.598. The highest BCUT2D eigenvalue weighted by Crippen LogP contribution is 2.40. The lowest BCUT2D eigenvalue weighted by Crippen LogP contribution is -2.39. The Labute approximate surface area is 179 Å². The molecule has 0 aromatic carbocycles. The van der Waals surface area contributed by atoms with Gasteiger partial charge in [0.2, 0.25) is 5.91 Å². The van der Waals surface area contributed by atoms with Crippen LogP contribution in [0, 0.1) is 34.5 Å². The number of hydrogen-bond donors (Lipinski definition) is 2. The lowest BCUT2D eigenvalue weighted by atomic mass is 9.67. The first-order chi connectivity index (χ1) is 13.5. The zero-order valence-corrected chi connectivity index (χ0v) is 19.9. The summed E-state index contributed by atoms with van der Waals surface area (Å²) >= 11 is 0. The summed E-state index contributed by atoms with van der Waals surface area (Å²) in [4.78, 5) is 25.6. The first kappa shape index (κ1) is 24.4. The van der Waals surface area contributed by atoms with E-state index in [9.17, 15) is 9.59 Å². The maximum atomic E-state index is 13.1. The van der Waals surface area contributed by atoms with Gasteiger partial charge in [0.05, 0.1) is 0 Å². The third-order valence-corrected chi connectivity index (χ3v) is 7.13. The van der Waals surface area contributed by atoms with Crippen LogP contribution in [0.5, 0.6) is 0 Å². The first-order valence-electron chi connectivity index (χ1n) is 12.0. The molecule has 2 aliphatic rings. The summed E-state index contributed by atoms with van der Waals surface area (Å²) in [5.74, 6) is 2.40. The Morgan fingerprint density at radius 1 is 0.759 bits per heavy atom. The highest BCUT2D eigenvalue weighted by atomic mass is 16.2. The molecule has 0 aliphatic heterocycles. The number of carbonyl (C=O) groups is 2. The molecule has 4 heteroatoms. The Balaban J connectivity index is 1.70. The summed E-state index contributed by atoms with van der Waals surface area (Å²) < 4.78 is 0. The van der Waals surface area contributed by atoms with Gasteiger partial charge in [-0.05, 0) is 88.6 Å². The fourth-order valence-corrected chi connectivity index (χ4v) is 5.90. The van der Waals surface area contributed by atoms with Gasteiger partial charge >= 0.3 is 0 Å². The van der Waals surface area contributed by atoms with Crippen molar-refractivity contribution in [1.29, 1.82) is 0 Å². The second kappa shape index (κ2) is 10.4. The van der Waals surface area contributed by atoms with E-state index in [1.807, 2.05) is 7.05 Å². The van der Waals surface area contributed by atoms with E-state index in [0.717, 1.165) is 76.8 Å². The molecule has 2 fully saturated rings. The zero-order valence-electron chi connectivity index (χ0n) is 19.9. The van der Waals surface area contributed by atoms with E-state index in [4.69, 9.17) is 0 Å². The number of ketones is 1. The Kier molecular flexibility index (Phi) is 8.75. The van der Waals surface area contributed by atoms with Gasteiger partial charge in [0, 0.05) is 23.8 Å². The van der Waals surface area contributed by atoms with Crippen molar-refractivity contribution in [3.63, 3.8) is 0 Å². The van der Waals surface area contributed by atoms with Gasteiger partial charge in [-0.2, -0.15) is 0 Å². The molecule has 2 saturated carbocycles. The van der Waals surface area contributed by atoms with E-state index in [1.54, 1.807) is 0 Å². The molecule has 2 N–H and O–H groups in total. The van der Waals surface area contributed by atoms with Crippen molar-refractivity contribution in [3.05, 3.63) is 0 Å². The van der Waals surface area contributed by atoms with Crippen LogP contribution in [0.15, 0.2) is 0 Å². The highest BCUT2D eigenvalue weighted by molar-refractivity contribution is 5.86. The van der Waals surface area contributed by atoms with Gasteiger partial charge in [-0.15, -0.1) is 0 Å². The molecule has 0 radical (unpaired) electrons. The lowest BCUT2D eigenvalue weighted by molar-refractivity contribution is -0.134. The van der Waals surface area contributed by atoms with Crippen molar-refractivity contribution in [2.24, 2.45) is 34.5 Å². The SMILES string of the molecule is CNCC1CCC(C(=O)NCC2CCC(C(=O)C(C)(C)CC(C)(C)C)CC2)CC1. The van der Waals surface area contributed by atoms with Crippen LogP contribution < -0.4 is 10.6 Å². The number of hydrogen-bond acceptors (Lipinski definition) is 3. The van der Waals surface area contributed by atoms with Crippen LogP contribution in [-0.4, -0.2) is 31.8 Å². The van der Waals surface area contributed by atoms with Crippen molar-refractivity contribution in [2.45, 2.75) is 92.4 Å². The van der Waals surface area contributed by atoms with E-state index >= 15 is 0 Å². The average molecular weight is 407 g/mol. The van der Waals surface area contributed by atoms with Crippen LogP contribution in [0.3, 0.4) is 0 Å². The normalized spacial score (nSPS) is 28.8. The minimum absolute atomic E-state index is 0.173. The molecular formula is C25H46N2O2. The number of carbonyl (C=O) groups excluding carboxylic acids is 2. The molecule has 0 saturated heterocycles. The molecule has 0 heterocycles. The Morgan fingerprint density at radius 3 is 1.72 bits per heavy atom. The van der Waals surface area contributed by atoms with Crippen LogP contribution in [0.1, 0.15) is 92.4 Å². The third-order valence-electron chi connectivity index (χ3n) is 7.13. The van der Waals surface area contributed by atoms with Gasteiger partial charge in [-0.3, -0.25) is 9.59 Å². The van der Waals surface area contributed by atoms with Crippen molar-refractivity contribution in [1.82, 2.24) is 10.6 Å². The first-order valence-corrected chi connectivity index (χ1v) is 12.0. The fourth-order valence-electron chi connectivity index (χ4n) is 5.90. The summed E-state index contributed by atoms with van der Waals surface area (Å²) in [6.45, 7) is 12.8. The molecule has 29 heavy (non-hydrogen) atoms. The van der Waals surface area contributed by atoms with Crippen molar-refractivity contribution < 1.29 is 9.59 Å². The molecule has 168 valence electrons. The van der Waals surface area contributed by atoms with E-state index < -0.39 is 0 Å². The predicted octanol–water partition coefficient (Wildman–Crippen LogP) is 4.97. The summed E-state index contributed by atoms with van der Waals surface area (Å²) in [5, 5.41) is 6.49. The van der Waals surface area contributed by atoms with E-state index in [2.05, 4.69) is 45.3 Å². The minimum atomic E-state index is -0.240. The van der Waals surface area contributed by atoms with Crippen LogP contribution in [0.2, 0.25) is 0 Å². The van der Waals surface area contributed by atoms with Gasteiger partial charge in [0.25, 0.3) is 0 Å². The van der Waals surface area contributed by atoms with Crippen molar-refractivity contribution >= 4 is 11.7 Å². The molecule has 4 nitrogen and oxygen atoms in total. The summed E-state index contributed by atoms with van der Waals surface area (Å²) in [7, 11) is 2.01. The summed E-state index contributed by atoms with van der Waals surface area (Å²) in [5.41, 5.74) is -0.0665. The number of Topliss-reactive ketones (excluding diaryl/α,β-unsaturated/α-hetero) is 1. The van der Waals surface area contributed by atoms with E-state index in [0.29, 0.717) is 11.7 Å². The van der Waals surface area contributed by atoms with Gasteiger partial charge in [-0.25, -0.2) is 0 Å². The average Bonchev–Trinajstić information content (AvgIpc) is 2.65. The molecule has 0 spiro atoms. The molecule has 1 amide bonds. The topological polar surface area (TPSA) is 58.2 Å². The van der Waals surface area contributed by atoms with Crippen LogP contribution in [-0.2, 0) is 9.59 Å². The molecule has 0 aromatic heterocycles. The van der Waals surface area contributed by atoms with Crippen LogP contribution in [0.4, 0.5) is 0 Å². The second-order valence-electron chi connectivity index (χ2n) is 11.7. The van der Waals surface area contributed by atoms with Crippen molar-refractivity contribution in [2.75, 3.05) is 20.1 Å². The van der Waals surface area contributed by atoms with Crippen molar-refractivity contribution in [3.8, 4) is 0 Å². The molecule has 0 unspecified atom stereocenters. The summed E-state index contributed by atoms with van der Waals surface area (Å²) in [6.07, 6.45) is 9.43. The smallest absolute Gasteiger partial charge is 0.223 e. The van der Waals surface area contributed by atoms with Crippen LogP contribution >= 0.6 is 0 Å². The maximum Gasteiger partial charge on any atom is 0.223 e. The Morgan fingerprint density at radius 2 is 1.24 bits per heavy atom. The van der Waals surface area contributed by atoms with Gasteiger partial charge in [0.1, 0.15) is 5.78 Å². The number of rotatable bonds is 8. The molecule has 0 aromatic rings. The Bertz CT molecular complexity index is 534. The second-order valence-corrected chi connectivity index (χ2v) is 11.7. The maximum absolute atomic E-state index is 13.1. The Hall–Kier alpha value is -0.900. The van der Waals surface area contributed by atoms with Crippen LogP contribution in [0.25, 0.3) is 0 Å². The molecule has 2 rings (SSSR count). The lowest BCUT2D eigenvalue weighted by Gasteiger charge is -2.36. The minimum Gasteiger partial charge on any atom is -0.356 e. The molecule has 2 aliphatic carbocycles. The third kappa shape index (κ3) is 7.70. The largest absolute Gasteiger partial charge is 0.356 e. The highest BCUT2D eigenvalue weighted by Gasteiger charge is 2.38. The summed E-state index contributed by atoms with van der Waals surface area (Å²) in [6, 6.07) is 0.